The van der Waals surface area contributed by atoms with Gasteiger partial charge in [-0.15, -0.1) is 0 Å². The van der Waals surface area contributed by atoms with E-state index in [1.165, 1.54) is 0 Å². The highest BCUT2D eigenvalue weighted by Crippen LogP contribution is 2.33. The summed E-state index contributed by atoms with van der Waals surface area (Å²) in [7, 11) is 0. The van der Waals surface area contributed by atoms with E-state index in [0.717, 1.165) is 42.9 Å². The van der Waals surface area contributed by atoms with Crippen LogP contribution in [0, 0.1) is 6.92 Å². The first-order chi connectivity index (χ1) is 13.6. The number of rotatable bonds is 4. The van der Waals surface area contributed by atoms with E-state index >= 15 is 0 Å². The molecule has 2 saturated heterocycles. The van der Waals surface area contributed by atoms with E-state index in [9.17, 15) is 4.79 Å². The average Bonchev–Trinajstić information content (AvgIpc) is 3.17. The second-order valence-electron chi connectivity index (χ2n) is 7.38. The number of aryl methyl sites for hydroxylation is 1. The van der Waals surface area contributed by atoms with Crippen LogP contribution in [0.1, 0.15) is 35.8 Å². The predicted octanol–water partition coefficient (Wildman–Crippen LogP) is 3.40. The number of ether oxygens (including phenoxy) is 2. The van der Waals surface area contributed by atoms with Crippen LogP contribution in [-0.2, 0) is 9.47 Å². The highest BCUT2D eigenvalue weighted by Gasteiger charge is 2.39. The molecule has 1 aromatic heterocycles. The molecular weight excluding hydrogens is 354 g/mol. The van der Waals surface area contributed by atoms with E-state index in [1.807, 2.05) is 50.2 Å². The first-order valence-corrected chi connectivity index (χ1v) is 9.98. The number of hydrogen-bond acceptors (Lipinski definition) is 5. The minimum absolute atomic E-state index is 0.0787. The molecular formula is C22H27N3O3. The van der Waals surface area contributed by atoms with E-state index in [-0.39, 0.29) is 11.7 Å². The van der Waals surface area contributed by atoms with Crippen molar-refractivity contribution in [2.45, 2.75) is 32.5 Å². The molecule has 0 N–H and O–H groups in total. The largest absolute Gasteiger partial charge is 0.370 e. The van der Waals surface area contributed by atoms with Crippen molar-refractivity contribution in [3.63, 3.8) is 0 Å². The molecule has 0 atom stereocenters. The molecule has 3 heterocycles. The average molecular weight is 381 g/mol. The van der Waals surface area contributed by atoms with Crippen LogP contribution in [0.15, 0.2) is 42.6 Å². The minimum Gasteiger partial charge on any atom is -0.370 e. The lowest BCUT2D eigenvalue weighted by molar-refractivity contribution is -0.169. The van der Waals surface area contributed by atoms with Gasteiger partial charge in [0.15, 0.2) is 5.79 Å². The van der Waals surface area contributed by atoms with Gasteiger partial charge in [-0.2, -0.15) is 0 Å². The summed E-state index contributed by atoms with van der Waals surface area (Å²) in [6, 6.07) is 11.8. The van der Waals surface area contributed by atoms with Gasteiger partial charge in [0.05, 0.1) is 25.1 Å². The third-order valence-electron chi connectivity index (χ3n) is 5.55. The summed E-state index contributed by atoms with van der Waals surface area (Å²) in [6.45, 7) is 7.70. The molecule has 2 aromatic rings. The summed E-state index contributed by atoms with van der Waals surface area (Å²) < 4.78 is 11.6. The Labute approximate surface area is 166 Å². The molecule has 2 aliphatic heterocycles. The maximum Gasteiger partial charge on any atom is 0.276 e. The number of aromatic nitrogens is 1. The normalized spacial score (nSPS) is 18.4. The zero-order chi connectivity index (χ0) is 19.6. The topological polar surface area (TPSA) is 54.9 Å². The van der Waals surface area contributed by atoms with Gasteiger partial charge in [-0.05, 0) is 43.7 Å². The molecule has 6 heteroatoms. The maximum absolute atomic E-state index is 13.0. The van der Waals surface area contributed by atoms with Crippen LogP contribution in [0.4, 0.5) is 11.4 Å². The Bertz CT molecular complexity index is 821. The van der Waals surface area contributed by atoms with Crippen LogP contribution in [0.3, 0.4) is 0 Å². The lowest BCUT2D eigenvalue weighted by atomic mass is 10.0. The number of benzene rings is 1. The number of hydrogen-bond donors (Lipinski definition) is 0. The summed E-state index contributed by atoms with van der Waals surface area (Å²) in [6.07, 6.45) is 3.50. The number of nitrogens with zero attached hydrogens (tertiary/aromatic N) is 3. The molecule has 148 valence electrons. The van der Waals surface area contributed by atoms with Gasteiger partial charge < -0.3 is 19.3 Å². The minimum atomic E-state index is -0.380. The fourth-order valence-corrected chi connectivity index (χ4v) is 3.97. The van der Waals surface area contributed by atoms with Gasteiger partial charge in [0, 0.05) is 38.2 Å². The van der Waals surface area contributed by atoms with Crippen LogP contribution < -0.4 is 9.80 Å². The van der Waals surface area contributed by atoms with Gasteiger partial charge in [0.1, 0.15) is 5.69 Å². The number of anilines is 2. The van der Waals surface area contributed by atoms with Crippen LogP contribution in [-0.4, -0.2) is 49.5 Å². The van der Waals surface area contributed by atoms with Crippen molar-refractivity contribution in [1.29, 1.82) is 0 Å². The van der Waals surface area contributed by atoms with Crippen LogP contribution in [0.2, 0.25) is 0 Å². The van der Waals surface area contributed by atoms with Crippen molar-refractivity contribution >= 4 is 17.3 Å². The monoisotopic (exact) mass is 381 g/mol. The predicted molar refractivity (Wildman–Crippen MR) is 109 cm³/mol. The Kier molecular flexibility index (Phi) is 5.33. The van der Waals surface area contributed by atoms with Crippen molar-refractivity contribution in [3.8, 4) is 0 Å². The van der Waals surface area contributed by atoms with Gasteiger partial charge in [0.2, 0.25) is 0 Å². The summed E-state index contributed by atoms with van der Waals surface area (Å²) in [5, 5.41) is 0. The van der Waals surface area contributed by atoms with Crippen molar-refractivity contribution in [2.75, 3.05) is 42.6 Å². The molecule has 1 spiro atoms. The molecule has 0 unspecified atom stereocenters. The van der Waals surface area contributed by atoms with Crippen LogP contribution in [0.25, 0.3) is 0 Å². The Morgan fingerprint density at radius 3 is 2.54 bits per heavy atom. The first-order valence-electron chi connectivity index (χ1n) is 9.98. The summed E-state index contributed by atoms with van der Waals surface area (Å²) in [5.41, 5.74) is 3.52. The molecule has 1 amide bonds. The van der Waals surface area contributed by atoms with E-state index in [2.05, 4.69) is 9.88 Å². The van der Waals surface area contributed by atoms with Gasteiger partial charge in [-0.3, -0.25) is 4.79 Å². The van der Waals surface area contributed by atoms with Crippen molar-refractivity contribution in [3.05, 3.63) is 53.9 Å². The summed E-state index contributed by atoms with van der Waals surface area (Å²) >= 11 is 0. The highest BCUT2D eigenvalue weighted by atomic mass is 16.7. The molecule has 0 saturated carbocycles. The Hall–Kier alpha value is -2.44. The zero-order valence-corrected chi connectivity index (χ0v) is 16.6. The zero-order valence-electron chi connectivity index (χ0n) is 16.6. The number of amides is 1. The van der Waals surface area contributed by atoms with Crippen molar-refractivity contribution in [1.82, 2.24) is 4.98 Å². The van der Waals surface area contributed by atoms with Crippen molar-refractivity contribution < 1.29 is 14.3 Å². The lowest BCUT2D eigenvalue weighted by Crippen LogP contribution is -2.45. The van der Waals surface area contributed by atoms with E-state index < -0.39 is 0 Å². The standard InChI is InChI=1S/C22H27N3O3/c1-3-25(18-6-4-5-17(2)15-18)21(26)20-8-7-19(16-23-20)24-11-9-22(10-12-24)27-13-14-28-22/h4-8,15-16H,3,9-14H2,1-2H3. The maximum atomic E-state index is 13.0. The van der Waals surface area contributed by atoms with E-state index in [4.69, 9.17) is 9.47 Å². The number of carbonyl (C=O) groups excluding carboxylic acids is 1. The number of carbonyl (C=O) groups is 1. The third kappa shape index (κ3) is 3.75. The van der Waals surface area contributed by atoms with Gasteiger partial charge in [-0.25, -0.2) is 4.98 Å². The quantitative estimate of drug-likeness (QED) is 0.812. The SMILES string of the molecule is CCN(C(=O)c1ccc(N2CCC3(CC2)OCCO3)cn1)c1cccc(C)c1. The number of piperidine rings is 1. The van der Waals surface area contributed by atoms with Crippen LogP contribution >= 0.6 is 0 Å². The summed E-state index contributed by atoms with van der Waals surface area (Å²) in [5.74, 6) is -0.458. The van der Waals surface area contributed by atoms with E-state index in [0.29, 0.717) is 25.5 Å². The second kappa shape index (κ2) is 7.89. The molecule has 1 aromatic carbocycles. The molecule has 28 heavy (non-hydrogen) atoms. The smallest absolute Gasteiger partial charge is 0.276 e. The lowest BCUT2D eigenvalue weighted by Gasteiger charge is -2.38. The van der Waals surface area contributed by atoms with E-state index in [1.54, 1.807) is 11.1 Å². The molecule has 2 fully saturated rings. The molecule has 4 rings (SSSR count). The van der Waals surface area contributed by atoms with Crippen LogP contribution in [0.5, 0.6) is 0 Å². The second-order valence-corrected chi connectivity index (χ2v) is 7.38. The highest BCUT2D eigenvalue weighted by molar-refractivity contribution is 6.04. The molecule has 2 aliphatic rings. The fraction of sp³-hybridized carbons (Fsp3) is 0.455. The Morgan fingerprint density at radius 2 is 1.93 bits per heavy atom. The molecule has 0 radical (unpaired) electrons. The Balaban J connectivity index is 1.44. The van der Waals surface area contributed by atoms with Gasteiger partial charge in [-0.1, -0.05) is 12.1 Å². The molecule has 0 bridgehead atoms. The van der Waals surface area contributed by atoms with Crippen molar-refractivity contribution in [2.24, 2.45) is 0 Å². The number of pyridine rings is 1. The molecule has 6 nitrogen and oxygen atoms in total. The summed E-state index contributed by atoms with van der Waals surface area (Å²) in [4.78, 5) is 21.5. The third-order valence-corrected chi connectivity index (χ3v) is 5.55. The first kappa shape index (κ1) is 18.9. The van der Waals surface area contributed by atoms with Gasteiger partial charge in [0.25, 0.3) is 5.91 Å². The Morgan fingerprint density at radius 1 is 1.18 bits per heavy atom. The fourth-order valence-electron chi connectivity index (χ4n) is 3.97. The van der Waals surface area contributed by atoms with Gasteiger partial charge >= 0.3 is 0 Å². The molecule has 0 aliphatic carbocycles.